The van der Waals surface area contributed by atoms with Crippen LogP contribution in [0.15, 0.2) is 6.07 Å². The lowest BCUT2D eigenvalue weighted by Gasteiger charge is -2.37. The molecule has 1 saturated carbocycles. The number of rotatable bonds is 5. The zero-order valence-corrected chi connectivity index (χ0v) is 11.3. The lowest BCUT2D eigenvalue weighted by atomic mass is 9.92. The number of nitrogens with zero attached hydrogens (tertiary/aromatic N) is 3. The average Bonchev–Trinajstić information content (AvgIpc) is 2.25. The molecule has 0 unspecified atom stereocenters. The van der Waals surface area contributed by atoms with E-state index in [2.05, 4.69) is 14.9 Å². The number of aliphatic hydroxyl groups excluding tert-OH is 1. The lowest BCUT2D eigenvalue weighted by Crippen LogP contribution is -2.43. The highest BCUT2D eigenvalue weighted by molar-refractivity contribution is 7.80. The van der Waals surface area contributed by atoms with Crippen LogP contribution in [0.3, 0.4) is 0 Å². The summed E-state index contributed by atoms with van der Waals surface area (Å²) in [5.41, 5.74) is 7.05. The zero-order valence-electron chi connectivity index (χ0n) is 10.5. The largest absolute Gasteiger partial charge is 0.395 e. The fourth-order valence-electron chi connectivity index (χ4n) is 2.06. The van der Waals surface area contributed by atoms with Gasteiger partial charge in [0.15, 0.2) is 0 Å². The van der Waals surface area contributed by atoms with Gasteiger partial charge in [0, 0.05) is 18.3 Å². The van der Waals surface area contributed by atoms with E-state index in [1.807, 2.05) is 6.92 Å². The molecule has 6 heteroatoms. The third-order valence-corrected chi connectivity index (χ3v) is 3.42. The van der Waals surface area contributed by atoms with Crippen molar-refractivity contribution in [3.8, 4) is 0 Å². The third-order valence-electron chi connectivity index (χ3n) is 3.21. The van der Waals surface area contributed by atoms with Crippen LogP contribution in [0.1, 0.15) is 30.7 Å². The summed E-state index contributed by atoms with van der Waals surface area (Å²) in [6.45, 7) is 2.53. The molecule has 1 heterocycles. The Morgan fingerprint density at radius 3 is 2.78 bits per heavy atom. The third kappa shape index (κ3) is 2.76. The second-order valence-electron chi connectivity index (χ2n) is 4.56. The van der Waals surface area contributed by atoms with E-state index in [0.717, 1.165) is 18.5 Å². The van der Waals surface area contributed by atoms with Gasteiger partial charge in [0.1, 0.15) is 10.7 Å². The first-order chi connectivity index (χ1) is 8.61. The highest BCUT2D eigenvalue weighted by Gasteiger charge is 2.26. The van der Waals surface area contributed by atoms with Crippen molar-refractivity contribution in [1.29, 1.82) is 0 Å². The molecule has 3 N–H and O–H groups in total. The molecule has 1 aliphatic rings. The van der Waals surface area contributed by atoms with Crippen LogP contribution < -0.4 is 10.6 Å². The molecule has 18 heavy (non-hydrogen) atoms. The van der Waals surface area contributed by atoms with Crippen LogP contribution in [-0.2, 0) is 0 Å². The van der Waals surface area contributed by atoms with E-state index in [-0.39, 0.29) is 11.6 Å². The standard InChI is InChI=1S/C12H18N4OS/c1-8-7-10(11(13)18)15-12(14-8)16(5-6-17)9-3-2-4-9/h7,9,17H,2-6H2,1H3,(H2,13,18). The number of nitrogens with two attached hydrogens (primary N) is 1. The van der Waals surface area contributed by atoms with Gasteiger partial charge in [0.25, 0.3) is 0 Å². The van der Waals surface area contributed by atoms with Crippen LogP contribution in [0.5, 0.6) is 0 Å². The van der Waals surface area contributed by atoms with E-state index in [9.17, 15) is 0 Å². The van der Waals surface area contributed by atoms with Crippen molar-refractivity contribution in [3.05, 3.63) is 17.5 Å². The number of aryl methyl sites for hydroxylation is 1. The Bertz CT molecular complexity index is 448. The number of thiocarbonyl (C=S) groups is 1. The highest BCUT2D eigenvalue weighted by Crippen LogP contribution is 2.27. The zero-order chi connectivity index (χ0) is 13.1. The van der Waals surface area contributed by atoms with E-state index in [4.69, 9.17) is 23.1 Å². The number of hydrogen-bond acceptors (Lipinski definition) is 5. The first-order valence-electron chi connectivity index (χ1n) is 6.15. The van der Waals surface area contributed by atoms with Gasteiger partial charge in [0.2, 0.25) is 5.95 Å². The van der Waals surface area contributed by atoms with Crippen molar-refractivity contribution in [1.82, 2.24) is 9.97 Å². The van der Waals surface area contributed by atoms with Crippen LogP contribution in [-0.4, -0.2) is 39.3 Å². The molecule has 0 radical (unpaired) electrons. The van der Waals surface area contributed by atoms with Crippen molar-refractivity contribution in [2.24, 2.45) is 5.73 Å². The molecule has 0 aliphatic heterocycles. The van der Waals surface area contributed by atoms with Gasteiger partial charge >= 0.3 is 0 Å². The predicted octanol–water partition coefficient (Wildman–Crippen LogP) is 0.770. The minimum atomic E-state index is 0.0935. The number of anilines is 1. The summed E-state index contributed by atoms with van der Waals surface area (Å²) in [5, 5.41) is 9.17. The van der Waals surface area contributed by atoms with Gasteiger partial charge in [-0.1, -0.05) is 12.2 Å². The van der Waals surface area contributed by atoms with E-state index in [0.29, 0.717) is 24.2 Å². The SMILES string of the molecule is Cc1cc(C(N)=S)nc(N(CCO)C2CCC2)n1. The molecule has 0 amide bonds. The summed E-state index contributed by atoms with van der Waals surface area (Å²) in [4.78, 5) is 11.2. The first kappa shape index (κ1) is 13.2. The normalized spacial score (nSPS) is 15.2. The highest BCUT2D eigenvalue weighted by atomic mass is 32.1. The summed E-state index contributed by atoms with van der Waals surface area (Å²) in [7, 11) is 0. The smallest absolute Gasteiger partial charge is 0.226 e. The van der Waals surface area contributed by atoms with Gasteiger partial charge in [-0.05, 0) is 32.3 Å². The number of hydrogen-bond donors (Lipinski definition) is 2. The summed E-state index contributed by atoms with van der Waals surface area (Å²) >= 11 is 4.96. The quantitative estimate of drug-likeness (QED) is 0.767. The van der Waals surface area contributed by atoms with Gasteiger partial charge < -0.3 is 15.7 Å². The maximum absolute atomic E-state index is 9.17. The maximum Gasteiger partial charge on any atom is 0.226 e. The Hall–Kier alpha value is -1.27. The van der Waals surface area contributed by atoms with Crippen LogP contribution in [0.25, 0.3) is 0 Å². The molecular weight excluding hydrogens is 248 g/mol. The maximum atomic E-state index is 9.17. The molecule has 2 rings (SSSR count). The van der Waals surface area contributed by atoms with Crippen molar-refractivity contribution >= 4 is 23.2 Å². The fourth-order valence-corrected chi connectivity index (χ4v) is 2.16. The Labute approximate surface area is 112 Å². The average molecular weight is 266 g/mol. The minimum Gasteiger partial charge on any atom is -0.395 e. The van der Waals surface area contributed by atoms with Gasteiger partial charge in [-0.2, -0.15) is 0 Å². The molecule has 1 aromatic heterocycles. The fraction of sp³-hybridized carbons (Fsp3) is 0.583. The molecule has 0 aromatic carbocycles. The van der Waals surface area contributed by atoms with E-state index >= 15 is 0 Å². The summed E-state index contributed by atoms with van der Waals surface area (Å²) < 4.78 is 0. The van der Waals surface area contributed by atoms with Crippen molar-refractivity contribution in [2.45, 2.75) is 32.2 Å². The Kier molecular flexibility index (Phi) is 4.08. The molecule has 0 bridgehead atoms. The summed E-state index contributed by atoms with van der Waals surface area (Å²) in [6.07, 6.45) is 3.47. The lowest BCUT2D eigenvalue weighted by molar-refractivity contribution is 0.282. The number of aliphatic hydroxyl groups is 1. The van der Waals surface area contributed by atoms with Gasteiger partial charge in [-0.15, -0.1) is 0 Å². The Balaban J connectivity index is 2.30. The van der Waals surface area contributed by atoms with Gasteiger partial charge in [0.05, 0.1) is 6.61 Å². The molecule has 1 aromatic rings. The van der Waals surface area contributed by atoms with E-state index in [1.54, 1.807) is 6.07 Å². The molecular formula is C12H18N4OS. The Morgan fingerprint density at radius 1 is 1.56 bits per heavy atom. The minimum absolute atomic E-state index is 0.0935. The summed E-state index contributed by atoms with van der Waals surface area (Å²) in [5.74, 6) is 0.622. The molecule has 1 aliphatic carbocycles. The van der Waals surface area contributed by atoms with Crippen molar-refractivity contribution in [3.63, 3.8) is 0 Å². The Morgan fingerprint density at radius 2 is 2.28 bits per heavy atom. The molecule has 0 saturated heterocycles. The van der Waals surface area contributed by atoms with Crippen LogP contribution in [0, 0.1) is 6.92 Å². The van der Waals surface area contributed by atoms with Crippen LogP contribution in [0.2, 0.25) is 0 Å². The molecule has 0 spiro atoms. The van der Waals surface area contributed by atoms with Crippen LogP contribution in [0.4, 0.5) is 5.95 Å². The molecule has 1 fully saturated rings. The molecule has 98 valence electrons. The topological polar surface area (TPSA) is 75.3 Å². The number of aromatic nitrogens is 2. The monoisotopic (exact) mass is 266 g/mol. The first-order valence-corrected chi connectivity index (χ1v) is 6.55. The second kappa shape index (κ2) is 5.58. The van der Waals surface area contributed by atoms with Crippen molar-refractivity contribution < 1.29 is 5.11 Å². The predicted molar refractivity (Wildman–Crippen MR) is 74.7 cm³/mol. The second-order valence-corrected chi connectivity index (χ2v) is 5.00. The van der Waals surface area contributed by atoms with E-state index in [1.165, 1.54) is 6.42 Å². The van der Waals surface area contributed by atoms with Gasteiger partial charge in [-0.25, -0.2) is 9.97 Å². The van der Waals surface area contributed by atoms with Crippen LogP contribution >= 0.6 is 12.2 Å². The molecule has 0 atom stereocenters. The van der Waals surface area contributed by atoms with Gasteiger partial charge in [-0.3, -0.25) is 0 Å². The van der Waals surface area contributed by atoms with Crippen molar-refractivity contribution in [2.75, 3.05) is 18.1 Å². The summed E-state index contributed by atoms with van der Waals surface area (Å²) in [6, 6.07) is 2.21. The van der Waals surface area contributed by atoms with E-state index < -0.39 is 0 Å². The molecule has 5 nitrogen and oxygen atoms in total.